The molecular formula is C15H14ClNO3S2. The number of hydrogen-bond acceptors (Lipinski definition) is 5. The minimum atomic E-state index is -0.452. The summed E-state index contributed by atoms with van der Waals surface area (Å²) in [4.78, 5) is 24.5. The zero-order valence-corrected chi connectivity index (χ0v) is 14.2. The van der Waals surface area contributed by atoms with E-state index in [9.17, 15) is 9.59 Å². The Hall–Kier alpha value is -1.50. The van der Waals surface area contributed by atoms with Gasteiger partial charge < -0.3 is 10.1 Å². The van der Waals surface area contributed by atoms with Crippen molar-refractivity contribution in [1.29, 1.82) is 0 Å². The number of rotatable bonds is 6. The lowest BCUT2D eigenvalue weighted by Gasteiger charge is -2.05. The number of halogens is 1. The van der Waals surface area contributed by atoms with Crippen LogP contribution in [0.5, 0.6) is 0 Å². The van der Waals surface area contributed by atoms with E-state index >= 15 is 0 Å². The summed E-state index contributed by atoms with van der Waals surface area (Å²) >= 11 is 8.69. The highest BCUT2D eigenvalue weighted by molar-refractivity contribution is 7.99. The lowest BCUT2D eigenvalue weighted by Crippen LogP contribution is -2.14. The van der Waals surface area contributed by atoms with Gasteiger partial charge in [0.05, 0.1) is 12.7 Å². The number of amides is 1. The summed E-state index contributed by atoms with van der Waals surface area (Å²) in [6.45, 7) is 0. The molecule has 0 saturated heterocycles. The highest BCUT2D eigenvalue weighted by atomic mass is 35.5. The van der Waals surface area contributed by atoms with E-state index in [4.69, 9.17) is 11.6 Å². The highest BCUT2D eigenvalue weighted by Gasteiger charge is 2.15. The van der Waals surface area contributed by atoms with Crippen LogP contribution in [0, 0.1) is 0 Å². The van der Waals surface area contributed by atoms with Gasteiger partial charge in [0.15, 0.2) is 0 Å². The summed E-state index contributed by atoms with van der Waals surface area (Å²) in [5.41, 5.74) is 0.381. The number of thiophene rings is 1. The van der Waals surface area contributed by atoms with E-state index in [1.807, 2.05) is 24.3 Å². The third-order valence-corrected chi connectivity index (χ3v) is 4.83. The maximum atomic E-state index is 11.9. The molecule has 1 N–H and O–H groups in total. The molecule has 0 radical (unpaired) electrons. The Morgan fingerprint density at radius 2 is 2.00 bits per heavy atom. The lowest BCUT2D eigenvalue weighted by atomic mass is 10.3. The van der Waals surface area contributed by atoms with Gasteiger partial charge >= 0.3 is 5.97 Å². The molecule has 0 unspecified atom stereocenters. The van der Waals surface area contributed by atoms with Crippen LogP contribution in [-0.4, -0.2) is 24.7 Å². The normalized spacial score (nSPS) is 10.3. The maximum absolute atomic E-state index is 11.9. The van der Waals surface area contributed by atoms with Crippen LogP contribution in [0.2, 0.25) is 5.02 Å². The van der Waals surface area contributed by atoms with Crippen molar-refractivity contribution in [2.75, 3.05) is 18.2 Å². The van der Waals surface area contributed by atoms with Gasteiger partial charge in [0, 0.05) is 22.1 Å². The fraction of sp³-hybridized carbons (Fsp3) is 0.200. The fourth-order valence-corrected chi connectivity index (χ4v) is 3.43. The summed E-state index contributed by atoms with van der Waals surface area (Å²) in [6, 6.07) is 9.10. The molecule has 1 amide bonds. The van der Waals surface area contributed by atoms with Crippen LogP contribution in [0.25, 0.3) is 0 Å². The molecule has 22 heavy (non-hydrogen) atoms. The van der Waals surface area contributed by atoms with E-state index in [2.05, 4.69) is 10.1 Å². The zero-order valence-electron chi connectivity index (χ0n) is 11.8. The van der Waals surface area contributed by atoms with Crippen molar-refractivity contribution in [2.24, 2.45) is 0 Å². The lowest BCUT2D eigenvalue weighted by molar-refractivity contribution is -0.115. The van der Waals surface area contributed by atoms with Gasteiger partial charge in [0.1, 0.15) is 5.00 Å². The van der Waals surface area contributed by atoms with Crippen molar-refractivity contribution >= 4 is 51.6 Å². The topological polar surface area (TPSA) is 55.4 Å². The number of nitrogens with one attached hydrogen (secondary N) is 1. The van der Waals surface area contributed by atoms with Crippen molar-refractivity contribution in [2.45, 2.75) is 11.3 Å². The first-order chi connectivity index (χ1) is 10.6. The number of benzene rings is 1. The fourth-order valence-electron chi connectivity index (χ4n) is 1.66. The first-order valence-electron chi connectivity index (χ1n) is 6.44. The average molecular weight is 356 g/mol. The van der Waals surface area contributed by atoms with Gasteiger partial charge in [-0.1, -0.05) is 11.6 Å². The molecule has 1 aromatic carbocycles. The molecule has 0 aliphatic rings. The Balaban J connectivity index is 1.82. The van der Waals surface area contributed by atoms with Gasteiger partial charge in [0.2, 0.25) is 5.91 Å². The molecule has 4 nitrogen and oxygen atoms in total. The van der Waals surface area contributed by atoms with Crippen LogP contribution < -0.4 is 5.32 Å². The van der Waals surface area contributed by atoms with Crippen molar-refractivity contribution in [3.8, 4) is 0 Å². The summed E-state index contributed by atoms with van der Waals surface area (Å²) in [7, 11) is 1.31. The monoisotopic (exact) mass is 355 g/mol. The van der Waals surface area contributed by atoms with Crippen LogP contribution >= 0.6 is 34.7 Å². The molecule has 1 heterocycles. The molecule has 0 aliphatic heterocycles. The Bertz CT molecular complexity index is 655. The minimum absolute atomic E-state index is 0.130. The number of esters is 1. The Labute approximate surface area is 141 Å². The van der Waals surface area contributed by atoms with Crippen molar-refractivity contribution in [3.05, 3.63) is 46.3 Å². The number of carbonyl (C=O) groups is 2. The third kappa shape index (κ3) is 4.76. The molecule has 2 aromatic rings. The molecule has 1 aromatic heterocycles. The second kappa shape index (κ2) is 8.22. The van der Waals surface area contributed by atoms with Crippen molar-refractivity contribution < 1.29 is 14.3 Å². The average Bonchev–Trinajstić information content (AvgIpc) is 2.96. The summed E-state index contributed by atoms with van der Waals surface area (Å²) in [5, 5.41) is 5.70. The second-order valence-corrected chi connectivity index (χ2v) is 6.78. The van der Waals surface area contributed by atoms with Gasteiger partial charge in [-0.2, -0.15) is 0 Å². The number of thioether (sulfide) groups is 1. The number of anilines is 1. The minimum Gasteiger partial charge on any atom is -0.465 e. The van der Waals surface area contributed by atoms with Crippen LogP contribution in [0.4, 0.5) is 5.00 Å². The van der Waals surface area contributed by atoms with Gasteiger partial charge in [-0.15, -0.1) is 23.1 Å². The maximum Gasteiger partial charge on any atom is 0.340 e. The molecule has 2 rings (SSSR count). The summed E-state index contributed by atoms with van der Waals surface area (Å²) in [6.07, 6.45) is 0.353. The molecule has 7 heteroatoms. The highest BCUT2D eigenvalue weighted by Crippen LogP contribution is 2.25. The third-order valence-electron chi connectivity index (χ3n) is 2.73. The van der Waals surface area contributed by atoms with E-state index in [-0.39, 0.29) is 5.91 Å². The van der Waals surface area contributed by atoms with Crippen molar-refractivity contribution in [3.63, 3.8) is 0 Å². The Morgan fingerprint density at radius 3 is 2.68 bits per heavy atom. The van der Waals surface area contributed by atoms with Gasteiger partial charge in [-0.3, -0.25) is 4.79 Å². The van der Waals surface area contributed by atoms with Gasteiger partial charge in [-0.05, 0) is 35.7 Å². The number of carbonyl (C=O) groups excluding carboxylic acids is 2. The number of methoxy groups -OCH3 is 1. The number of hydrogen-bond donors (Lipinski definition) is 1. The van der Waals surface area contributed by atoms with E-state index < -0.39 is 5.97 Å². The smallest absolute Gasteiger partial charge is 0.340 e. The van der Waals surface area contributed by atoms with E-state index in [0.29, 0.717) is 27.8 Å². The molecular weight excluding hydrogens is 342 g/mol. The molecule has 0 atom stereocenters. The largest absolute Gasteiger partial charge is 0.465 e. The van der Waals surface area contributed by atoms with Crippen LogP contribution in [0.1, 0.15) is 16.8 Å². The van der Waals surface area contributed by atoms with Crippen molar-refractivity contribution in [1.82, 2.24) is 0 Å². The zero-order chi connectivity index (χ0) is 15.9. The molecule has 0 saturated carbocycles. The van der Waals surface area contributed by atoms with E-state index in [0.717, 1.165) is 4.90 Å². The molecule has 116 valence electrons. The summed E-state index contributed by atoms with van der Waals surface area (Å²) in [5.74, 6) is 0.0630. The SMILES string of the molecule is COC(=O)c1ccsc1NC(=O)CCSc1ccc(Cl)cc1. The standard InChI is InChI=1S/C15H14ClNO3S2/c1-20-15(19)12-6-8-22-14(12)17-13(18)7-9-21-11-4-2-10(16)3-5-11/h2-6,8H,7,9H2,1H3,(H,17,18). The van der Waals surface area contributed by atoms with E-state index in [1.54, 1.807) is 23.2 Å². The van der Waals surface area contributed by atoms with Crippen LogP contribution in [0.3, 0.4) is 0 Å². The Kier molecular flexibility index (Phi) is 6.30. The van der Waals surface area contributed by atoms with Gasteiger partial charge in [-0.25, -0.2) is 4.79 Å². The summed E-state index contributed by atoms with van der Waals surface area (Å²) < 4.78 is 4.67. The van der Waals surface area contributed by atoms with Crippen LogP contribution in [0.15, 0.2) is 40.6 Å². The van der Waals surface area contributed by atoms with E-state index in [1.165, 1.54) is 18.4 Å². The predicted molar refractivity (Wildman–Crippen MR) is 91.1 cm³/mol. The molecule has 0 fully saturated rings. The Morgan fingerprint density at radius 1 is 1.27 bits per heavy atom. The molecule has 0 aliphatic carbocycles. The van der Waals surface area contributed by atoms with Gasteiger partial charge in [0.25, 0.3) is 0 Å². The first-order valence-corrected chi connectivity index (χ1v) is 8.68. The first kappa shape index (κ1) is 16.9. The molecule has 0 spiro atoms. The second-order valence-electron chi connectivity index (χ2n) is 4.26. The quantitative estimate of drug-likeness (QED) is 0.619. The molecule has 0 bridgehead atoms. The van der Waals surface area contributed by atoms with Crippen LogP contribution in [-0.2, 0) is 9.53 Å². The number of ether oxygens (including phenoxy) is 1. The predicted octanol–water partition coefficient (Wildman–Crippen LogP) is 4.31.